The van der Waals surface area contributed by atoms with Gasteiger partial charge in [0.1, 0.15) is 5.82 Å². The van der Waals surface area contributed by atoms with E-state index >= 15 is 0 Å². The molecule has 1 heterocycles. The number of amides is 2. The highest BCUT2D eigenvalue weighted by atomic mass is 19.1. The normalized spacial score (nSPS) is 12.8. The predicted octanol–water partition coefficient (Wildman–Crippen LogP) is 2.94. The molecular formula is C19H23FN4O2. The van der Waals surface area contributed by atoms with E-state index in [4.69, 9.17) is 5.73 Å². The summed E-state index contributed by atoms with van der Waals surface area (Å²) in [5, 5.41) is 8.88. The number of primary amides is 1. The van der Waals surface area contributed by atoms with Crippen LogP contribution in [0.5, 0.6) is 0 Å². The molecule has 0 saturated heterocycles. The van der Waals surface area contributed by atoms with Crippen LogP contribution in [0.4, 0.5) is 4.39 Å². The molecule has 0 bridgehead atoms. The first-order valence-corrected chi connectivity index (χ1v) is 8.59. The SMILES string of the molecule is C1=CCCCC1.NC(=O)CCNC(=O)c1cn[nH]c1-c1ccccc1F. The van der Waals surface area contributed by atoms with Crippen molar-refractivity contribution in [1.82, 2.24) is 15.5 Å². The number of hydrogen-bond donors (Lipinski definition) is 3. The number of aromatic amines is 1. The number of nitrogens with one attached hydrogen (secondary N) is 2. The van der Waals surface area contributed by atoms with E-state index in [-0.39, 0.29) is 24.1 Å². The maximum Gasteiger partial charge on any atom is 0.255 e. The third kappa shape index (κ3) is 5.84. The Balaban J connectivity index is 0.000000342. The Morgan fingerprint density at radius 1 is 1.19 bits per heavy atom. The Bertz CT molecular complexity index is 762. The van der Waals surface area contributed by atoms with Crippen LogP contribution < -0.4 is 11.1 Å². The second-order valence-corrected chi connectivity index (χ2v) is 5.87. The van der Waals surface area contributed by atoms with Crippen molar-refractivity contribution in [3.05, 3.63) is 54.0 Å². The molecule has 1 aliphatic carbocycles. The molecular weight excluding hydrogens is 335 g/mol. The molecule has 0 aliphatic heterocycles. The first-order chi connectivity index (χ1) is 12.6. The molecule has 3 rings (SSSR count). The van der Waals surface area contributed by atoms with Crippen LogP contribution in [0.25, 0.3) is 11.3 Å². The molecule has 0 atom stereocenters. The summed E-state index contributed by atoms with van der Waals surface area (Å²) in [7, 11) is 0. The van der Waals surface area contributed by atoms with Crippen LogP contribution in [-0.2, 0) is 4.79 Å². The smallest absolute Gasteiger partial charge is 0.255 e. The largest absolute Gasteiger partial charge is 0.370 e. The summed E-state index contributed by atoms with van der Waals surface area (Å²) >= 11 is 0. The highest BCUT2D eigenvalue weighted by Gasteiger charge is 2.17. The molecule has 6 nitrogen and oxygen atoms in total. The molecule has 0 unspecified atom stereocenters. The van der Waals surface area contributed by atoms with Gasteiger partial charge in [0.25, 0.3) is 5.91 Å². The zero-order valence-corrected chi connectivity index (χ0v) is 14.5. The summed E-state index contributed by atoms with van der Waals surface area (Å²) in [4.78, 5) is 22.6. The zero-order chi connectivity index (χ0) is 18.8. The van der Waals surface area contributed by atoms with Crippen LogP contribution >= 0.6 is 0 Å². The van der Waals surface area contributed by atoms with Gasteiger partial charge < -0.3 is 11.1 Å². The summed E-state index contributed by atoms with van der Waals surface area (Å²) < 4.78 is 13.7. The number of nitrogens with two attached hydrogens (primary N) is 1. The van der Waals surface area contributed by atoms with E-state index in [9.17, 15) is 14.0 Å². The van der Waals surface area contributed by atoms with Gasteiger partial charge in [0.2, 0.25) is 5.91 Å². The number of carbonyl (C=O) groups excluding carboxylic acids is 2. The number of rotatable bonds is 5. The van der Waals surface area contributed by atoms with E-state index in [2.05, 4.69) is 27.7 Å². The number of carbonyl (C=O) groups is 2. The van der Waals surface area contributed by atoms with Crippen LogP contribution in [0.3, 0.4) is 0 Å². The summed E-state index contributed by atoms with van der Waals surface area (Å²) in [6.07, 6.45) is 11.3. The molecule has 2 aromatic rings. The van der Waals surface area contributed by atoms with Gasteiger partial charge in [-0.15, -0.1) is 0 Å². The molecule has 2 amide bonds. The van der Waals surface area contributed by atoms with Gasteiger partial charge in [0.05, 0.1) is 17.5 Å². The highest BCUT2D eigenvalue weighted by molar-refractivity contribution is 5.99. The highest BCUT2D eigenvalue weighted by Crippen LogP contribution is 2.23. The Morgan fingerprint density at radius 3 is 2.46 bits per heavy atom. The van der Waals surface area contributed by atoms with E-state index in [0.29, 0.717) is 5.69 Å². The predicted molar refractivity (Wildman–Crippen MR) is 97.7 cm³/mol. The molecule has 1 aromatic heterocycles. The van der Waals surface area contributed by atoms with Crippen LogP contribution in [0.2, 0.25) is 0 Å². The number of benzene rings is 1. The van der Waals surface area contributed by atoms with Crippen molar-refractivity contribution in [3.8, 4) is 11.3 Å². The van der Waals surface area contributed by atoms with Gasteiger partial charge in [-0.05, 0) is 37.8 Å². The third-order valence-electron chi connectivity index (χ3n) is 3.84. The van der Waals surface area contributed by atoms with Crippen molar-refractivity contribution >= 4 is 11.8 Å². The fourth-order valence-corrected chi connectivity index (χ4v) is 2.48. The minimum absolute atomic E-state index is 0.0403. The van der Waals surface area contributed by atoms with Crippen molar-refractivity contribution in [1.29, 1.82) is 0 Å². The van der Waals surface area contributed by atoms with E-state index in [1.54, 1.807) is 18.2 Å². The lowest BCUT2D eigenvalue weighted by Crippen LogP contribution is -2.28. The summed E-state index contributed by atoms with van der Waals surface area (Å²) in [5.74, 6) is -1.41. The van der Waals surface area contributed by atoms with Gasteiger partial charge in [-0.25, -0.2) is 4.39 Å². The molecule has 1 aliphatic rings. The fourth-order valence-electron chi connectivity index (χ4n) is 2.48. The zero-order valence-electron chi connectivity index (χ0n) is 14.5. The van der Waals surface area contributed by atoms with Crippen molar-refractivity contribution in [2.45, 2.75) is 32.1 Å². The third-order valence-corrected chi connectivity index (χ3v) is 3.84. The second kappa shape index (κ2) is 10.1. The molecule has 0 fully saturated rings. The maximum absolute atomic E-state index is 13.7. The molecule has 0 spiro atoms. The first-order valence-electron chi connectivity index (χ1n) is 8.59. The summed E-state index contributed by atoms with van der Waals surface area (Å²) in [6.45, 7) is 0.121. The van der Waals surface area contributed by atoms with Crippen LogP contribution in [0.1, 0.15) is 42.5 Å². The van der Waals surface area contributed by atoms with Crippen molar-refractivity contribution < 1.29 is 14.0 Å². The average molecular weight is 358 g/mol. The number of H-pyrrole nitrogens is 1. The molecule has 7 heteroatoms. The van der Waals surface area contributed by atoms with Gasteiger partial charge in [-0.2, -0.15) is 5.10 Å². The number of allylic oxidation sites excluding steroid dienone is 2. The minimum atomic E-state index is -0.508. The second-order valence-electron chi connectivity index (χ2n) is 5.87. The number of nitrogens with zero attached hydrogens (tertiary/aromatic N) is 1. The first kappa shape index (κ1) is 19.4. The molecule has 1 aromatic carbocycles. The number of aromatic nitrogens is 2. The lowest BCUT2D eigenvalue weighted by atomic mass is 10.1. The van der Waals surface area contributed by atoms with Crippen molar-refractivity contribution in [2.75, 3.05) is 6.54 Å². The monoisotopic (exact) mass is 358 g/mol. The van der Waals surface area contributed by atoms with E-state index in [1.807, 2.05) is 0 Å². The van der Waals surface area contributed by atoms with Crippen molar-refractivity contribution in [3.63, 3.8) is 0 Å². The topological polar surface area (TPSA) is 101 Å². The Morgan fingerprint density at radius 2 is 1.88 bits per heavy atom. The number of halogens is 1. The quantitative estimate of drug-likeness (QED) is 0.716. The molecule has 4 N–H and O–H groups in total. The molecule has 0 saturated carbocycles. The fraction of sp³-hybridized carbons (Fsp3) is 0.316. The molecule has 0 radical (unpaired) electrons. The summed E-state index contributed by atoms with van der Waals surface area (Å²) in [5.41, 5.74) is 5.73. The van der Waals surface area contributed by atoms with Gasteiger partial charge in [-0.3, -0.25) is 14.7 Å². The molecule has 26 heavy (non-hydrogen) atoms. The number of hydrogen-bond acceptors (Lipinski definition) is 3. The van der Waals surface area contributed by atoms with Gasteiger partial charge in [-0.1, -0.05) is 24.3 Å². The average Bonchev–Trinajstić information content (AvgIpc) is 3.13. The Kier molecular flexibility index (Phi) is 7.54. The van der Waals surface area contributed by atoms with Gasteiger partial charge >= 0.3 is 0 Å². The standard InChI is InChI=1S/C13H13FN4O2.C6H10/c14-10-4-2-1-3-8(10)12-9(7-17-18-12)13(20)16-6-5-11(15)19;1-2-4-6-5-3-1/h1-4,7H,5-6H2,(H2,15,19)(H,16,20)(H,17,18);1-2H,3-6H2. The lowest BCUT2D eigenvalue weighted by molar-refractivity contribution is -0.117. The van der Waals surface area contributed by atoms with Crippen molar-refractivity contribution in [2.24, 2.45) is 5.73 Å². The Hall–Kier alpha value is -2.96. The van der Waals surface area contributed by atoms with Crippen LogP contribution in [-0.4, -0.2) is 28.6 Å². The Labute approximate surface area is 151 Å². The van der Waals surface area contributed by atoms with Gasteiger partial charge in [0.15, 0.2) is 0 Å². The van der Waals surface area contributed by atoms with Gasteiger partial charge in [0, 0.05) is 18.5 Å². The van der Waals surface area contributed by atoms with Crippen LogP contribution in [0, 0.1) is 5.82 Å². The van der Waals surface area contributed by atoms with E-state index < -0.39 is 17.6 Å². The lowest BCUT2D eigenvalue weighted by Gasteiger charge is -2.05. The molecule has 138 valence electrons. The van der Waals surface area contributed by atoms with E-state index in [1.165, 1.54) is 37.9 Å². The summed E-state index contributed by atoms with van der Waals surface area (Å²) in [6, 6.07) is 6.06. The van der Waals surface area contributed by atoms with E-state index in [0.717, 1.165) is 0 Å². The minimum Gasteiger partial charge on any atom is -0.370 e. The maximum atomic E-state index is 13.7. The van der Waals surface area contributed by atoms with Crippen LogP contribution in [0.15, 0.2) is 42.6 Å².